The molecule has 1 aliphatic rings. The van der Waals surface area contributed by atoms with Crippen LogP contribution in [0.25, 0.3) is 17.4 Å². The number of hydrogen-bond donors (Lipinski definition) is 2. The minimum absolute atomic E-state index is 0.0790. The summed E-state index contributed by atoms with van der Waals surface area (Å²) in [5.74, 6) is -2.38. The average molecular weight is 467 g/mol. The van der Waals surface area contributed by atoms with Gasteiger partial charge in [-0.15, -0.1) is 0 Å². The van der Waals surface area contributed by atoms with Crippen LogP contribution >= 0.6 is 11.6 Å². The molecule has 9 nitrogen and oxygen atoms in total. The van der Waals surface area contributed by atoms with Crippen molar-refractivity contribution in [3.63, 3.8) is 0 Å². The van der Waals surface area contributed by atoms with Crippen molar-refractivity contribution in [3.8, 4) is 11.3 Å². The van der Waals surface area contributed by atoms with Gasteiger partial charge >= 0.3 is 11.9 Å². The summed E-state index contributed by atoms with van der Waals surface area (Å²) in [5, 5.41) is 10.4. The van der Waals surface area contributed by atoms with Gasteiger partial charge in [0.2, 0.25) is 0 Å². The van der Waals surface area contributed by atoms with Crippen LogP contribution in [0.4, 0.5) is 5.69 Å². The molecule has 2 N–H and O–H groups in total. The highest BCUT2D eigenvalue weighted by Gasteiger charge is 2.34. The van der Waals surface area contributed by atoms with Crippen LogP contribution in [0.3, 0.4) is 0 Å². The smallest absolute Gasteiger partial charge is 0.337 e. The Morgan fingerprint density at radius 2 is 1.82 bits per heavy atom. The van der Waals surface area contributed by atoms with Crippen LogP contribution in [0.2, 0.25) is 5.02 Å². The number of benzene rings is 2. The predicted octanol–water partition coefficient (Wildman–Crippen LogP) is 3.55. The van der Waals surface area contributed by atoms with E-state index >= 15 is 0 Å². The summed E-state index contributed by atoms with van der Waals surface area (Å²) in [4.78, 5) is 48.0. The SMILES string of the molecule is COC(=O)c1ccc(N2NC(=O)/C(=C/c3ccc(-c4ccc(Cl)c(C(=O)O)c4)o3)C2=O)cc1. The van der Waals surface area contributed by atoms with E-state index in [1.54, 1.807) is 18.2 Å². The van der Waals surface area contributed by atoms with Crippen molar-refractivity contribution in [2.45, 2.75) is 0 Å². The van der Waals surface area contributed by atoms with E-state index in [0.29, 0.717) is 22.6 Å². The van der Waals surface area contributed by atoms with Gasteiger partial charge in [-0.2, -0.15) is 0 Å². The van der Waals surface area contributed by atoms with E-state index in [-0.39, 0.29) is 21.9 Å². The first-order valence-corrected chi connectivity index (χ1v) is 9.85. The standard InChI is InChI=1S/C23H15ClN2O7/c1-32-23(31)12-2-5-14(6-3-12)26-21(28)17(20(27)25-26)11-15-7-9-19(33-15)13-4-8-18(24)16(10-13)22(29)30/h2-11H,1H3,(H,25,27)(H,29,30)/b17-11-. The summed E-state index contributed by atoms with van der Waals surface area (Å²) in [6.45, 7) is 0. The highest BCUT2D eigenvalue weighted by atomic mass is 35.5. The van der Waals surface area contributed by atoms with Gasteiger partial charge in [0, 0.05) is 5.56 Å². The highest BCUT2D eigenvalue weighted by Crippen LogP contribution is 2.29. The van der Waals surface area contributed by atoms with E-state index in [2.05, 4.69) is 10.2 Å². The second kappa shape index (κ2) is 8.64. The van der Waals surface area contributed by atoms with Crippen molar-refractivity contribution in [2.24, 2.45) is 0 Å². The number of hydrogen-bond acceptors (Lipinski definition) is 6. The summed E-state index contributed by atoms with van der Waals surface area (Å²) >= 11 is 5.89. The van der Waals surface area contributed by atoms with Crippen LogP contribution in [0.1, 0.15) is 26.5 Å². The maximum Gasteiger partial charge on any atom is 0.337 e. The van der Waals surface area contributed by atoms with Gasteiger partial charge in [-0.1, -0.05) is 11.6 Å². The Morgan fingerprint density at radius 3 is 2.48 bits per heavy atom. The Bertz CT molecular complexity index is 1320. The number of carboxylic acid groups (broad SMARTS) is 1. The number of furan rings is 1. The van der Waals surface area contributed by atoms with Gasteiger partial charge in [-0.25, -0.2) is 14.6 Å². The monoisotopic (exact) mass is 466 g/mol. The largest absolute Gasteiger partial charge is 0.478 e. The summed E-state index contributed by atoms with van der Waals surface area (Å²) < 4.78 is 10.3. The lowest BCUT2D eigenvalue weighted by atomic mass is 10.1. The van der Waals surface area contributed by atoms with Crippen LogP contribution in [-0.2, 0) is 14.3 Å². The molecule has 1 aromatic heterocycles. The van der Waals surface area contributed by atoms with Crippen LogP contribution in [0.15, 0.2) is 64.6 Å². The van der Waals surface area contributed by atoms with Crippen molar-refractivity contribution in [2.75, 3.05) is 12.1 Å². The molecule has 2 amide bonds. The molecule has 0 unspecified atom stereocenters. The van der Waals surface area contributed by atoms with Gasteiger partial charge in [0.05, 0.1) is 28.9 Å². The van der Waals surface area contributed by atoms with Crippen LogP contribution in [0.5, 0.6) is 0 Å². The average Bonchev–Trinajstić information content (AvgIpc) is 3.39. The number of ether oxygens (including phenoxy) is 1. The molecule has 0 spiro atoms. The molecule has 166 valence electrons. The number of aromatic carboxylic acids is 1. The van der Waals surface area contributed by atoms with Crippen molar-refractivity contribution in [1.82, 2.24) is 5.43 Å². The molecular weight excluding hydrogens is 452 g/mol. The second-order valence-corrected chi connectivity index (χ2v) is 7.29. The quantitative estimate of drug-likeness (QED) is 0.334. The van der Waals surface area contributed by atoms with E-state index in [4.69, 9.17) is 16.0 Å². The summed E-state index contributed by atoms with van der Waals surface area (Å²) in [6.07, 6.45) is 1.29. The zero-order chi connectivity index (χ0) is 23.7. The molecule has 0 aliphatic carbocycles. The third-order valence-corrected chi connectivity index (χ3v) is 5.16. The van der Waals surface area contributed by atoms with Crippen molar-refractivity contribution in [3.05, 3.63) is 82.1 Å². The van der Waals surface area contributed by atoms with Gasteiger partial charge in [-0.05, 0) is 60.7 Å². The van der Waals surface area contributed by atoms with E-state index in [1.165, 1.54) is 49.6 Å². The molecule has 1 saturated heterocycles. The predicted molar refractivity (Wildman–Crippen MR) is 118 cm³/mol. The Kier molecular flexibility index (Phi) is 5.72. The zero-order valence-corrected chi connectivity index (χ0v) is 17.8. The van der Waals surface area contributed by atoms with E-state index in [9.17, 15) is 24.3 Å². The molecular formula is C23H15ClN2O7. The molecule has 10 heteroatoms. The van der Waals surface area contributed by atoms with Gasteiger partial charge in [0.15, 0.2) is 0 Å². The van der Waals surface area contributed by atoms with Crippen molar-refractivity contribution >= 4 is 47.1 Å². The fourth-order valence-electron chi connectivity index (χ4n) is 3.17. The van der Waals surface area contributed by atoms with Crippen LogP contribution in [0, 0.1) is 0 Å². The van der Waals surface area contributed by atoms with Crippen LogP contribution in [-0.4, -0.2) is 36.0 Å². The molecule has 1 fully saturated rings. The maximum atomic E-state index is 12.8. The molecule has 3 aromatic rings. The Balaban J connectivity index is 1.58. The number of halogens is 1. The number of nitrogens with one attached hydrogen (secondary N) is 1. The maximum absolute atomic E-state index is 12.8. The van der Waals surface area contributed by atoms with Gasteiger partial charge in [0.25, 0.3) is 11.8 Å². The highest BCUT2D eigenvalue weighted by molar-refractivity contribution is 6.33. The van der Waals surface area contributed by atoms with E-state index in [0.717, 1.165) is 5.01 Å². The Labute approximate surface area is 191 Å². The normalized spacial score (nSPS) is 14.5. The molecule has 0 saturated carbocycles. The number of carbonyl (C=O) groups is 4. The molecule has 0 bridgehead atoms. The Morgan fingerprint density at radius 1 is 1.09 bits per heavy atom. The minimum Gasteiger partial charge on any atom is -0.478 e. The van der Waals surface area contributed by atoms with Gasteiger partial charge < -0.3 is 14.3 Å². The van der Waals surface area contributed by atoms with Crippen LogP contribution < -0.4 is 10.4 Å². The molecule has 2 heterocycles. The molecule has 4 rings (SSSR count). The minimum atomic E-state index is -1.18. The lowest BCUT2D eigenvalue weighted by molar-refractivity contribution is -0.117. The first-order chi connectivity index (χ1) is 15.8. The van der Waals surface area contributed by atoms with Gasteiger partial charge in [0.1, 0.15) is 17.1 Å². The third kappa shape index (κ3) is 4.21. The number of esters is 1. The first kappa shape index (κ1) is 21.8. The van der Waals surface area contributed by atoms with E-state index < -0.39 is 23.8 Å². The number of nitrogens with zero attached hydrogens (tertiary/aromatic N) is 1. The van der Waals surface area contributed by atoms with Gasteiger partial charge in [-0.3, -0.25) is 15.0 Å². The molecule has 1 aliphatic heterocycles. The number of rotatable bonds is 5. The molecule has 0 atom stereocenters. The second-order valence-electron chi connectivity index (χ2n) is 6.88. The number of methoxy groups -OCH3 is 1. The molecule has 2 aromatic carbocycles. The summed E-state index contributed by atoms with van der Waals surface area (Å²) in [6, 6.07) is 13.5. The summed E-state index contributed by atoms with van der Waals surface area (Å²) in [7, 11) is 1.26. The number of anilines is 1. The lowest BCUT2D eigenvalue weighted by Crippen LogP contribution is -2.35. The van der Waals surface area contributed by atoms with E-state index in [1.807, 2.05) is 0 Å². The summed E-state index contributed by atoms with van der Waals surface area (Å²) in [5.41, 5.74) is 3.34. The fourth-order valence-corrected chi connectivity index (χ4v) is 3.37. The first-order valence-electron chi connectivity index (χ1n) is 9.47. The number of amides is 2. The lowest BCUT2D eigenvalue weighted by Gasteiger charge is -2.14. The molecule has 0 radical (unpaired) electrons. The Hall–Kier alpha value is -4.37. The third-order valence-electron chi connectivity index (χ3n) is 4.83. The zero-order valence-electron chi connectivity index (χ0n) is 17.0. The number of hydrazine groups is 1. The topological polar surface area (TPSA) is 126 Å². The number of carbonyl (C=O) groups excluding carboxylic acids is 3. The molecule has 33 heavy (non-hydrogen) atoms. The number of carboxylic acids is 1. The van der Waals surface area contributed by atoms with Crippen molar-refractivity contribution < 1.29 is 33.4 Å². The fraction of sp³-hybridized carbons (Fsp3) is 0.0435. The van der Waals surface area contributed by atoms with Crippen molar-refractivity contribution in [1.29, 1.82) is 0 Å².